The molecule has 2 amide bonds. The summed E-state index contributed by atoms with van der Waals surface area (Å²) in [5.41, 5.74) is 0.262. The Bertz CT molecular complexity index is 1050. The predicted molar refractivity (Wildman–Crippen MR) is 98.3 cm³/mol. The molecule has 3 aromatic rings. The molecular formula is C20H15FN2O4. The number of hydrogen-bond donors (Lipinski definition) is 3. The number of carboxylic acid groups (broad SMARTS) is 1. The van der Waals surface area contributed by atoms with Crippen LogP contribution in [0.2, 0.25) is 0 Å². The predicted octanol–water partition coefficient (Wildman–Crippen LogP) is 3.05. The molecule has 6 nitrogen and oxygen atoms in total. The number of rotatable bonds is 5. The van der Waals surface area contributed by atoms with E-state index in [0.717, 1.165) is 22.9 Å². The molecule has 0 saturated heterocycles. The zero-order valence-electron chi connectivity index (χ0n) is 14.0. The van der Waals surface area contributed by atoms with Gasteiger partial charge in [-0.25, -0.2) is 4.39 Å². The van der Waals surface area contributed by atoms with Gasteiger partial charge in [0.1, 0.15) is 12.4 Å². The third-order valence-electron chi connectivity index (χ3n) is 3.89. The van der Waals surface area contributed by atoms with E-state index < -0.39 is 30.1 Å². The largest absolute Gasteiger partial charge is 0.480 e. The highest BCUT2D eigenvalue weighted by Gasteiger charge is 2.16. The van der Waals surface area contributed by atoms with Crippen LogP contribution >= 0.6 is 0 Å². The van der Waals surface area contributed by atoms with E-state index in [9.17, 15) is 18.8 Å². The SMILES string of the molecule is O=C(O)CNC(=O)c1ccc(F)cc1NC(=O)c1ccc2ccccc2c1. The van der Waals surface area contributed by atoms with Crippen LogP contribution in [0.4, 0.5) is 10.1 Å². The molecule has 0 aromatic heterocycles. The monoisotopic (exact) mass is 366 g/mol. The number of amides is 2. The van der Waals surface area contributed by atoms with Crippen molar-refractivity contribution < 1.29 is 23.9 Å². The first kappa shape index (κ1) is 18.1. The Morgan fingerprint density at radius 2 is 1.63 bits per heavy atom. The van der Waals surface area contributed by atoms with Gasteiger partial charge in [-0.15, -0.1) is 0 Å². The quantitative estimate of drug-likeness (QED) is 0.647. The van der Waals surface area contributed by atoms with Gasteiger partial charge in [-0.3, -0.25) is 14.4 Å². The zero-order valence-corrected chi connectivity index (χ0v) is 14.0. The summed E-state index contributed by atoms with van der Waals surface area (Å²) in [6.45, 7) is -0.589. The van der Waals surface area contributed by atoms with Crippen molar-refractivity contribution in [3.05, 3.63) is 77.6 Å². The fourth-order valence-electron chi connectivity index (χ4n) is 2.59. The number of benzene rings is 3. The van der Waals surface area contributed by atoms with Crippen molar-refractivity contribution in [3.63, 3.8) is 0 Å². The molecule has 0 spiro atoms. The van der Waals surface area contributed by atoms with E-state index in [4.69, 9.17) is 5.11 Å². The van der Waals surface area contributed by atoms with E-state index in [0.29, 0.717) is 5.56 Å². The Kier molecular flexibility index (Phi) is 5.12. The molecule has 3 N–H and O–H groups in total. The summed E-state index contributed by atoms with van der Waals surface area (Å²) in [5, 5.41) is 15.2. The van der Waals surface area contributed by atoms with Crippen LogP contribution in [0, 0.1) is 5.82 Å². The molecule has 27 heavy (non-hydrogen) atoms. The number of anilines is 1. The zero-order chi connectivity index (χ0) is 19.4. The molecule has 0 aliphatic carbocycles. The Balaban J connectivity index is 1.86. The fourth-order valence-corrected chi connectivity index (χ4v) is 2.59. The Morgan fingerprint density at radius 3 is 2.37 bits per heavy atom. The summed E-state index contributed by atoms with van der Waals surface area (Å²) in [6, 6.07) is 15.9. The molecule has 3 aromatic carbocycles. The van der Waals surface area contributed by atoms with Crippen molar-refractivity contribution >= 4 is 34.2 Å². The summed E-state index contributed by atoms with van der Waals surface area (Å²) in [6.07, 6.45) is 0. The highest BCUT2D eigenvalue weighted by molar-refractivity contribution is 6.10. The van der Waals surface area contributed by atoms with Gasteiger partial charge < -0.3 is 15.7 Å². The topological polar surface area (TPSA) is 95.5 Å². The molecule has 0 fully saturated rings. The minimum Gasteiger partial charge on any atom is -0.480 e. The van der Waals surface area contributed by atoms with Crippen LogP contribution in [0.3, 0.4) is 0 Å². The number of carbonyl (C=O) groups is 3. The number of carbonyl (C=O) groups excluding carboxylic acids is 2. The Morgan fingerprint density at radius 1 is 0.889 bits per heavy atom. The molecule has 0 unspecified atom stereocenters. The van der Waals surface area contributed by atoms with Crippen molar-refractivity contribution in [2.75, 3.05) is 11.9 Å². The second kappa shape index (κ2) is 7.65. The standard InChI is InChI=1S/C20H15FN2O4/c21-15-7-8-16(20(27)22-11-18(24)25)17(10-15)23-19(26)14-6-5-12-3-1-2-4-13(12)9-14/h1-10H,11H2,(H,22,27)(H,23,26)(H,24,25). The Labute approximate surface area is 153 Å². The van der Waals surface area contributed by atoms with Gasteiger partial charge in [0.2, 0.25) is 0 Å². The lowest BCUT2D eigenvalue weighted by molar-refractivity contribution is -0.135. The van der Waals surface area contributed by atoms with Gasteiger partial charge in [-0.05, 0) is 41.1 Å². The van der Waals surface area contributed by atoms with E-state index in [1.54, 1.807) is 18.2 Å². The number of hydrogen-bond acceptors (Lipinski definition) is 3. The summed E-state index contributed by atoms with van der Waals surface area (Å²) >= 11 is 0. The van der Waals surface area contributed by atoms with Crippen molar-refractivity contribution in [3.8, 4) is 0 Å². The lowest BCUT2D eigenvalue weighted by atomic mass is 10.1. The number of aliphatic carboxylic acids is 1. The molecule has 3 rings (SSSR count). The van der Waals surface area contributed by atoms with E-state index in [2.05, 4.69) is 10.6 Å². The third-order valence-corrected chi connectivity index (χ3v) is 3.89. The van der Waals surface area contributed by atoms with Crippen molar-refractivity contribution in [1.82, 2.24) is 5.32 Å². The van der Waals surface area contributed by atoms with Gasteiger partial charge >= 0.3 is 5.97 Å². The lowest BCUT2D eigenvalue weighted by Crippen LogP contribution is -2.30. The number of fused-ring (bicyclic) bond motifs is 1. The van der Waals surface area contributed by atoms with Gasteiger partial charge in [0.25, 0.3) is 11.8 Å². The van der Waals surface area contributed by atoms with Crippen molar-refractivity contribution in [2.45, 2.75) is 0 Å². The first-order valence-electron chi connectivity index (χ1n) is 8.04. The minimum atomic E-state index is -1.22. The maximum atomic E-state index is 13.6. The lowest BCUT2D eigenvalue weighted by Gasteiger charge is -2.11. The summed E-state index contributed by atoms with van der Waals surface area (Å²) < 4.78 is 13.6. The molecule has 136 valence electrons. The summed E-state index contributed by atoms with van der Waals surface area (Å²) in [5.74, 6) is -3.10. The molecule has 7 heteroatoms. The summed E-state index contributed by atoms with van der Waals surface area (Å²) in [4.78, 5) is 35.3. The average molecular weight is 366 g/mol. The fraction of sp³-hybridized carbons (Fsp3) is 0.0500. The number of carboxylic acids is 1. The highest BCUT2D eigenvalue weighted by Crippen LogP contribution is 2.20. The molecule has 0 saturated carbocycles. The van der Waals surface area contributed by atoms with E-state index in [1.807, 2.05) is 24.3 Å². The van der Waals surface area contributed by atoms with E-state index in [-0.39, 0.29) is 11.3 Å². The van der Waals surface area contributed by atoms with E-state index in [1.165, 1.54) is 6.07 Å². The molecule has 0 aliphatic heterocycles. The highest BCUT2D eigenvalue weighted by atomic mass is 19.1. The molecule has 0 atom stereocenters. The van der Waals surface area contributed by atoms with Crippen LogP contribution in [-0.2, 0) is 4.79 Å². The van der Waals surface area contributed by atoms with Crippen LogP contribution in [0.15, 0.2) is 60.7 Å². The smallest absolute Gasteiger partial charge is 0.322 e. The normalized spacial score (nSPS) is 10.4. The average Bonchev–Trinajstić information content (AvgIpc) is 2.65. The molecule has 0 heterocycles. The van der Waals surface area contributed by atoms with Crippen LogP contribution < -0.4 is 10.6 Å². The second-order valence-corrected chi connectivity index (χ2v) is 5.78. The van der Waals surface area contributed by atoms with Gasteiger partial charge in [0.05, 0.1) is 11.3 Å². The first-order chi connectivity index (χ1) is 12.9. The maximum Gasteiger partial charge on any atom is 0.322 e. The van der Waals surface area contributed by atoms with Gasteiger partial charge in [0, 0.05) is 5.56 Å². The first-order valence-corrected chi connectivity index (χ1v) is 8.04. The second-order valence-electron chi connectivity index (χ2n) is 5.78. The number of halogens is 1. The molecule has 0 radical (unpaired) electrons. The molecule has 0 bridgehead atoms. The minimum absolute atomic E-state index is 0.0354. The van der Waals surface area contributed by atoms with Crippen molar-refractivity contribution in [2.24, 2.45) is 0 Å². The number of nitrogens with one attached hydrogen (secondary N) is 2. The van der Waals surface area contributed by atoms with E-state index >= 15 is 0 Å². The van der Waals surface area contributed by atoms with Gasteiger partial charge in [-0.1, -0.05) is 30.3 Å². The molecule has 0 aliphatic rings. The third kappa shape index (κ3) is 4.27. The maximum absolute atomic E-state index is 13.6. The summed E-state index contributed by atoms with van der Waals surface area (Å²) in [7, 11) is 0. The van der Waals surface area contributed by atoms with Crippen LogP contribution in [0.1, 0.15) is 20.7 Å². The van der Waals surface area contributed by atoms with Crippen molar-refractivity contribution in [1.29, 1.82) is 0 Å². The van der Waals surface area contributed by atoms with Crippen LogP contribution in [-0.4, -0.2) is 29.4 Å². The molecular weight excluding hydrogens is 351 g/mol. The van der Waals surface area contributed by atoms with Gasteiger partial charge in [-0.2, -0.15) is 0 Å². The van der Waals surface area contributed by atoms with Crippen LogP contribution in [0.25, 0.3) is 10.8 Å². The van der Waals surface area contributed by atoms with Gasteiger partial charge in [0.15, 0.2) is 0 Å². The van der Waals surface area contributed by atoms with Crippen LogP contribution in [0.5, 0.6) is 0 Å². The Hall–Kier alpha value is -3.74.